The molecule has 1 aliphatic heterocycles. The molecule has 0 saturated carbocycles. The Labute approximate surface area is 168 Å². The monoisotopic (exact) mass is 386 g/mol. The average molecular weight is 387 g/mol. The smallest absolute Gasteiger partial charge is 0.132 e. The van der Waals surface area contributed by atoms with Crippen molar-refractivity contribution >= 4 is 27.2 Å². The molecule has 0 unspecified atom stereocenters. The van der Waals surface area contributed by atoms with Gasteiger partial charge in [0.25, 0.3) is 0 Å². The molecule has 0 radical (unpaired) electrons. The third-order valence-electron chi connectivity index (χ3n) is 5.25. The molecule has 5 rings (SSSR count). The molecule has 4 nitrogen and oxygen atoms in total. The van der Waals surface area contributed by atoms with E-state index in [2.05, 4.69) is 57.3 Å². The van der Waals surface area contributed by atoms with Gasteiger partial charge in [-0.2, -0.15) is 0 Å². The molecule has 4 heterocycles. The lowest BCUT2D eigenvalue weighted by atomic mass is 10.1. The second-order valence-corrected chi connectivity index (χ2v) is 8.40. The Hall–Kier alpha value is -2.79. The molecule has 28 heavy (non-hydrogen) atoms. The van der Waals surface area contributed by atoms with Gasteiger partial charge in [0.15, 0.2) is 0 Å². The molecule has 1 aromatic carbocycles. The van der Waals surface area contributed by atoms with Crippen LogP contribution in [0, 0.1) is 6.92 Å². The zero-order valence-electron chi connectivity index (χ0n) is 15.9. The van der Waals surface area contributed by atoms with E-state index in [4.69, 9.17) is 4.98 Å². The number of hydrogen-bond donors (Lipinski definition) is 0. The van der Waals surface area contributed by atoms with Gasteiger partial charge >= 0.3 is 0 Å². The first kappa shape index (κ1) is 17.3. The maximum absolute atomic E-state index is 4.70. The first-order valence-electron chi connectivity index (χ1n) is 9.81. The molecule has 0 N–H and O–H groups in total. The van der Waals surface area contributed by atoms with Gasteiger partial charge in [0.05, 0.1) is 5.69 Å². The molecule has 0 spiro atoms. The van der Waals surface area contributed by atoms with E-state index in [1.54, 1.807) is 11.3 Å². The second-order valence-electron chi connectivity index (χ2n) is 7.32. The van der Waals surface area contributed by atoms with Gasteiger partial charge < -0.3 is 4.90 Å². The molecule has 1 aliphatic rings. The van der Waals surface area contributed by atoms with Crippen molar-refractivity contribution in [3.05, 3.63) is 60.7 Å². The maximum Gasteiger partial charge on any atom is 0.132 e. The summed E-state index contributed by atoms with van der Waals surface area (Å²) in [5, 5.41) is 1.28. The largest absolute Gasteiger partial charge is 0.356 e. The van der Waals surface area contributed by atoms with Crippen molar-refractivity contribution < 1.29 is 0 Å². The van der Waals surface area contributed by atoms with Crippen molar-refractivity contribution in [3.8, 4) is 21.7 Å². The van der Waals surface area contributed by atoms with E-state index < -0.39 is 0 Å². The molecule has 1 fully saturated rings. The van der Waals surface area contributed by atoms with E-state index in [1.165, 1.54) is 34.2 Å². The highest BCUT2D eigenvalue weighted by Gasteiger charge is 2.15. The Bertz CT molecular complexity index is 1100. The van der Waals surface area contributed by atoms with E-state index in [-0.39, 0.29) is 0 Å². The SMILES string of the molecule is Cc1nc(-c2cncc(-c3cc4ccccc4s3)c2)cc(N2CCCCC2)n1. The van der Waals surface area contributed by atoms with Gasteiger partial charge in [-0.1, -0.05) is 18.2 Å². The summed E-state index contributed by atoms with van der Waals surface area (Å²) in [4.78, 5) is 17.5. The Morgan fingerprint density at radius 1 is 0.893 bits per heavy atom. The average Bonchev–Trinajstić information content (AvgIpc) is 3.18. The number of fused-ring (bicyclic) bond motifs is 1. The highest BCUT2D eigenvalue weighted by Crippen LogP contribution is 2.34. The molecule has 0 aliphatic carbocycles. The molecule has 5 heteroatoms. The fourth-order valence-electron chi connectivity index (χ4n) is 3.82. The van der Waals surface area contributed by atoms with Crippen LogP contribution in [0.25, 0.3) is 31.8 Å². The summed E-state index contributed by atoms with van der Waals surface area (Å²) in [6, 6.07) is 15.0. The number of aromatic nitrogens is 3. The predicted molar refractivity (Wildman–Crippen MR) is 117 cm³/mol. The number of hydrogen-bond acceptors (Lipinski definition) is 5. The van der Waals surface area contributed by atoms with Crippen LogP contribution in [-0.2, 0) is 0 Å². The second kappa shape index (κ2) is 7.32. The van der Waals surface area contributed by atoms with Crippen LogP contribution in [0.3, 0.4) is 0 Å². The summed E-state index contributed by atoms with van der Waals surface area (Å²) in [5.41, 5.74) is 3.12. The number of rotatable bonds is 3. The van der Waals surface area contributed by atoms with E-state index in [0.29, 0.717) is 0 Å². The Morgan fingerprint density at radius 3 is 2.57 bits per heavy atom. The van der Waals surface area contributed by atoms with E-state index in [9.17, 15) is 0 Å². The Morgan fingerprint density at radius 2 is 1.71 bits per heavy atom. The third-order valence-corrected chi connectivity index (χ3v) is 6.41. The lowest BCUT2D eigenvalue weighted by Gasteiger charge is -2.28. The van der Waals surface area contributed by atoms with Crippen molar-refractivity contribution in [2.75, 3.05) is 18.0 Å². The summed E-state index contributed by atoms with van der Waals surface area (Å²) >= 11 is 1.80. The number of benzene rings is 1. The lowest BCUT2D eigenvalue weighted by molar-refractivity contribution is 0.572. The van der Waals surface area contributed by atoms with Gasteiger partial charge in [0.2, 0.25) is 0 Å². The minimum absolute atomic E-state index is 0.810. The summed E-state index contributed by atoms with van der Waals surface area (Å²) in [6.45, 7) is 4.13. The van der Waals surface area contributed by atoms with Crippen LogP contribution in [0.5, 0.6) is 0 Å². The molecule has 3 aromatic heterocycles. The highest BCUT2D eigenvalue weighted by atomic mass is 32.1. The standard InChI is InChI=1S/C23H22N4S/c1-16-25-20(13-23(26-16)27-9-5-2-6-10-27)18-11-19(15-24-14-18)22-12-17-7-3-4-8-21(17)28-22/h3-4,7-8,11-15H,2,5-6,9-10H2,1H3. The third kappa shape index (κ3) is 3.38. The van der Waals surface area contributed by atoms with Crippen molar-refractivity contribution in [3.63, 3.8) is 0 Å². The van der Waals surface area contributed by atoms with Crippen molar-refractivity contribution in [1.29, 1.82) is 0 Å². The molecule has 0 amide bonds. The maximum atomic E-state index is 4.70. The van der Waals surface area contributed by atoms with Crippen molar-refractivity contribution in [2.45, 2.75) is 26.2 Å². The molecule has 4 aromatic rings. The zero-order chi connectivity index (χ0) is 18.9. The van der Waals surface area contributed by atoms with Crippen LogP contribution >= 0.6 is 11.3 Å². The van der Waals surface area contributed by atoms with E-state index in [1.807, 2.05) is 19.3 Å². The zero-order valence-corrected chi connectivity index (χ0v) is 16.7. The Balaban J connectivity index is 1.53. The number of nitrogens with zero attached hydrogens (tertiary/aromatic N) is 4. The van der Waals surface area contributed by atoms with Gasteiger partial charge in [-0.15, -0.1) is 11.3 Å². The normalized spacial score (nSPS) is 14.5. The fourth-order valence-corrected chi connectivity index (χ4v) is 4.87. The fraction of sp³-hybridized carbons (Fsp3) is 0.261. The number of piperidine rings is 1. The van der Waals surface area contributed by atoms with Crippen molar-refractivity contribution in [1.82, 2.24) is 15.0 Å². The summed E-state index contributed by atoms with van der Waals surface area (Å²) in [6.07, 6.45) is 7.63. The van der Waals surface area contributed by atoms with Crippen LogP contribution in [0.15, 0.2) is 54.9 Å². The minimum Gasteiger partial charge on any atom is -0.356 e. The van der Waals surface area contributed by atoms with Crippen LogP contribution in [-0.4, -0.2) is 28.0 Å². The quantitative estimate of drug-likeness (QED) is 0.452. The van der Waals surface area contributed by atoms with Crippen LogP contribution < -0.4 is 4.90 Å². The molecule has 0 bridgehead atoms. The van der Waals surface area contributed by atoms with Gasteiger partial charge in [0.1, 0.15) is 11.6 Å². The summed E-state index contributed by atoms with van der Waals surface area (Å²) in [7, 11) is 0. The molecule has 1 saturated heterocycles. The molecule has 140 valence electrons. The first-order valence-corrected chi connectivity index (χ1v) is 10.6. The summed E-state index contributed by atoms with van der Waals surface area (Å²) in [5.74, 6) is 1.85. The van der Waals surface area contributed by atoms with Gasteiger partial charge in [0, 0.05) is 52.3 Å². The highest BCUT2D eigenvalue weighted by molar-refractivity contribution is 7.22. The van der Waals surface area contributed by atoms with E-state index >= 15 is 0 Å². The molecular formula is C23H22N4S. The first-order chi connectivity index (χ1) is 13.8. The minimum atomic E-state index is 0.810. The number of pyridine rings is 1. The topological polar surface area (TPSA) is 41.9 Å². The summed E-state index contributed by atoms with van der Waals surface area (Å²) < 4.78 is 1.30. The number of anilines is 1. The van der Waals surface area contributed by atoms with Crippen LogP contribution in [0.1, 0.15) is 25.1 Å². The van der Waals surface area contributed by atoms with Crippen molar-refractivity contribution in [2.24, 2.45) is 0 Å². The van der Waals surface area contributed by atoms with Crippen LogP contribution in [0.4, 0.5) is 5.82 Å². The Kier molecular flexibility index (Phi) is 4.53. The predicted octanol–water partition coefficient (Wildman–Crippen LogP) is 5.72. The number of thiophene rings is 1. The van der Waals surface area contributed by atoms with Gasteiger partial charge in [-0.25, -0.2) is 9.97 Å². The van der Waals surface area contributed by atoms with Gasteiger partial charge in [-0.05, 0) is 49.8 Å². The molecular weight excluding hydrogens is 364 g/mol. The number of aryl methyl sites for hydroxylation is 1. The molecule has 0 atom stereocenters. The van der Waals surface area contributed by atoms with Crippen LogP contribution in [0.2, 0.25) is 0 Å². The lowest BCUT2D eigenvalue weighted by Crippen LogP contribution is -2.30. The van der Waals surface area contributed by atoms with Gasteiger partial charge in [-0.3, -0.25) is 4.98 Å². The van der Waals surface area contributed by atoms with E-state index in [0.717, 1.165) is 41.6 Å².